The lowest BCUT2D eigenvalue weighted by atomic mass is 10.1. The molecule has 0 aromatic heterocycles. The summed E-state index contributed by atoms with van der Waals surface area (Å²) < 4.78 is 24.5. The highest BCUT2D eigenvalue weighted by molar-refractivity contribution is 5.78. The van der Waals surface area contributed by atoms with Gasteiger partial charge in [-0.05, 0) is 31.5 Å². The van der Waals surface area contributed by atoms with Gasteiger partial charge in [-0.15, -0.1) is 0 Å². The molecular formula is C18H25FN2O3. The summed E-state index contributed by atoms with van der Waals surface area (Å²) in [5, 5.41) is 0. The highest BCUT2D eigenvalue weighted by Crippen LogP contribution is 2.23. The van der Waals surface area contributed by atoms with Crippen molar-refractivity contribution in [2.24, 2.45) is 0 Å². The summed E-state index contributed by atoms with van der Waals surface area (Å²) in [5.41, 5.74) is 0.696. The Balaban J connectivity index is 1.58. The highest BCUT2D eigenvalue weighted by atomic mass is 19.1. The second kappa shape index (κ2) is 7.17. The first kappa shape index (κ1) is 17.3. The first-order valence-corrected chi connectivity index (χ1v) is 8.44. The molecule has 6 heteroatoms. The molecule has 2 fully saturated rings. The van der Waals surface area contributed by atoms with Crippen molar-refractivity contribution in [3.63, 3.8) is 0 Å². The van der Waals surface area contributed by atoms with Gasteiger partial charge in [0.05, 0.1) is 31.9 Å². The topological polar surface area (TPSA) is 42.0 Å². The van der Waals surface area contributed by atoms with Crippen molar-refractivity contribution in [2.45, 2.75) is 25.6 Å². The first-order valence-electron chi connectivity index (χ1n) is 8.44. The monoisotopic (exact) mass is 336 g/mol. The minimum Gasteiger partial charge on any atom is -0.373 e. The molecule has 1 amide bonds. The molecule has 0 spiro atoms. The number of carbonyl (C=O) groups is 1. The van der Waals surface area contributed by atoms with Crippen LogP contribution in [0.2, 0.25) is 0 Å². The number of nitrogens with zero attached hydrogens (tertiary/aromatic N) is 2. The third-order valence-corrected chi connectivity index (χ3v) is 4.52. The third kappa shape index (κ3) is 4.32. The summed E-state index contributed by atoms with van der Waals surface area (Å²) in [6.45, 7) is 8.30. The molecule has 1 unspecified atom stereocenters. The molecule has 2 aliphatic heterocycles. The lowest BCUT2D eigenvalue weighted by Gasteiger charge is -2.39. The van der Waals surface area contributed by atoms with Crippen molar-refractivity contribution in [2.75, 3.05) is 45.9 Å². The Morgan fingerprint density at radius 2 is 2.00 bits per heavy atom. The zero-order chi connectivity index (χ0) is 17.2. The van der Waals surface area contributed by atoms with Crippen LogP contribution in [0.5, 0.6) is 0 Å². The number of benzene rings is 1. The van der Waals surface area contributed by atoms with Crippen molar-refractivity contribution in [1.29, 1.82) is 0 Å². The van der Waals surface area contributed by atoms with E-state index in [4.69, 9.17) is 9.47 Å². The van der Waals surface area contributed by atoms with Crippen LogP contribution >= 0.6 is 0 Å². The van der Waals surface area contributed by atoms with E-state index in [0.29, 0.717) is 32.8 Å². The lowest BCUT2D eigenvalue weighted by molar-refractivity contribution is -0.144. The zero-order valence-electron chi connectivity index (χ0n) is 14.3. The van der Waals surface area contributed by atoms with E-state index >= 15 is 0 Å². The van der Waals surface area contributed by atoms with Crippen LogP contribution in [0.4, 0.5) is 4.39 Å². The molecule has 2 saturated heterocycles. The fraction of sp³-hybridized carbons (Fsp3) is 0.611. The summed E-state index contributed by atoms with van der Waals surface area (Å²) in [6, 6.07) is 6.29. The number of carbonyl (C=O) groups excluding carboxylic acids is 1. The van der Waals surface area contributed by atoms with E-state index < -0.39 is 0 Å². The quantitative estimate of drug-likeness (QED) is 0.845. The van der Waals surface area contributed by atoms with Gasteiger partial charge >= 0.3 is 0 Å². The van der Waals surface area contributed by atoms with Crippen molar-refractivity contribution < 1.29 is 18.7 Å². The number of morpholine rings is 2. The molecule has 3 rings (SSSR count). The smallest absolute Gasteiger partial charge is 0.236 e. The van der Waals surface area contributed by atoms with Crippen LogP contribution in [0.3, 0.4) is 0 Å². The molecule has 1 aromatic rings. The van der Waals surface area contributed by atoms with E-state index in [9.17, 15) is 9.18 Å². The van der Waals surface area contributed by atoms with E-state index in [0.717, 1.165) is 18.7 Å². The van der Waals surface area contributed by atoms with Crippen LogP contribution in [0.25, 0.3) is 0 Å². The Morgan fingerprint density at radius 3 is 2.71 bits per heavy atom. The van der Waals surface area contributed by atoms with Gasteiger partial charge in [0, 0.05) is 19.6 Å². The Labute approximate surface area is 142 Å². The van der Waals surface area contributed by atoms with Crippen LogP contribution in [-0.4, -0.2) is 67.2 Å². The molecule has 2 heterocycles. The molecule has 0 radical (unpaired) electrons. The summed E-state index contributed by atoms with van der Waals surface area (Å²) in [5.74, 6) is -0.152. The van der Waals surface area contributed by atoms with Crippen LogP contribution in [0.15, 0.2) is 24.3 Å². The van der Waals surface area contributed by atoms with Crippen molar-refractivity contribution in [1.82, 2.24) is 9.80 Å². The van der Waals surface area contributed by atoms with E-state index in [1.54, 1.807) is 12.1 Å². The fourth-order valence-corrected chi connectivity index (χ4v) is 3.30. The minimum absolute atomic E-state index is 0.114. The fourth-order valence-electron chi connectivity index (χ4n) is 3.30. The van der Waals surface area contributed by atoms with Gasteiger partial charge in [-0.25, -0.2) is 4.39 Å². The number of rotatable bonds is 3. The van der Waals surface area contributed by atoms with Gasteiger partial charge < -0.3 is 14.4 Å². The molecule has 1 aromatic carbocycles. The molecule has 0 saturated carbocycles. The first-order chi connectivity index (χ1) is 11.4. The van der Waals surface area contributed by atoms with E-state index in [-0.39, 0.29) is 23.4 Å². The van der Waals surface area contributed by atoms with E-state index in [1.165, 1.54) is 12.1 Å². The Hall–Kier alpha value is -1.50. The van der Waals surface area contributed by atoms with Crippen LogP contribution in [-0.2, 0) is 14.3 Å². The average molecular weight is 336 g/mol. The summed E-state index contributed by atoms with van der Waals surface area (Å²) >= 11 is 0. The third-order valence-electron chi connectivity index (χ3n) is 4.52. The van der Waals surface area contributed by atoms with Gasteiger partial charge in [0.2, 0.25) is 5.91 Å². The van der Waals surface area contributed by atoms with Crippen LogP contribution in [0.1, 0.15) is 25.5 Å². The van der Waals surface area contributed by atoms with Gasteiger partial charge in [-0.1, -0.05) is 12.1 Å². The number of halogens is 1. The average Bonchev–Trinajstić information content (AvgIpc) is 2.55. The number of amides is 1. The Morgan fingerprint density at radius 1 is 1.25 bits per heavy atom. The van der Waals surface area contributed by atoms with Crippen molar-refractivity contribution in [3.05, 3.63) is 35.6 Å². The molecule has 0 aliphatic carbocycles. The summed E-state index contributed by atoms with van der Waals surface area (Å²) in [7, 11) is 0. The summed E-state index contributed by atoms with van der Waals surface area (Å²) in [6.07, 6.45) is -0.190. The minimum atomic E-state index is -0.266. The predicted octanol–water partition coefficient (Wildman–Crippen LogP) is 1.84. The largest absolute Gasteiger partial charge is 0.373 e. The maximum Gasteiger partial charge on any atom is 0.236 e. The van der Waals surface area contributed by atoms with Crippen LogP contribution < -0.4 is 0 Å². The molecule has 0 bridgehead atoms. The second-order valence-electron chi connectivity index (χ2n) is 7.07. The Bertz CT molecular complexity index is 576. The maximum absolute atomic E-state index is 13.1. The number of hydrogen-bond acceptors (Lipinski definition) is 4. The normalized spacial score (nSPS) is 24.8. The molecule has 1 atom stereocenters. The molecule has 132 valence electrons. The lowest BCUT2D eigenvalue weighted by Crippen LogP contribution is -2.53. The van der Waals surface area contributed by atoms with Crippen molar-refractivity contribution >= 4 is 5.91 Å². The molecular weight excluding hydrogens is 311 g/mol. The zero-order valence-corrected chi connectivity index (χ0v) is 14.3. The van der Waals surface area contributed by atoms with Gasteiger partial charge in [-0.2, -0.15) is 0 Å². The van der Waals surface area contributed by atoms with Gasteiger partial charge in [0.1, 0.15) is 11.9 Å². The summed E-state index contributed by atoms with van der Waals surface area (Å²) in [4.78, 5) is 16.6. The van der Waals surface area contributed by atoms with Gasteiger partial charge in [0.25, 0.3) is 0 Å². The molecule has 2 aliphatic rings. The van der Waals surface area contributed by atoms with E-state index in [2.05, 4.69) is 4.90 Å². The highest BCUT2D eigenvalue weighted by Gasteiger charge is 2.31. The second-order valence-corrected chi connectivity index (χ2v) is 7.07. The van der Waals surface area contributed by atoms with E-state index in [1.807, 2.05) is 18.7 Å². The Kier molecular flexibility index (Phi) is 5.18. The van der Waals surface area contributed by atoms with Crippen LogP contribution in [0, 0.1) is 5.82 Å². The standard InChI is InChI=1S/C18H25FN2O3/c1-18(2)13-20(7-10-24-18)12-17(22)21-8-9-23-16(11-21)14-3-5-15(19)6-4-14/h3-6,16H,7-13H2,1-2H3. The van der Waals surface area contributed by atoms with Gasteiger partial charge in [-0.3, -0.25) is 9.69 Å². The van der Waals surface area contributed by atoms with Gasteiger partial charge in [0.15, 0.2) is 0 Å². The molecule has 5 nitrogen and oxygen atoms in total. The number of hydrogen-bond donors (Lipinski definition) is 0. The van der Waals surface area contributed by atoms with Crippen molar-refractivity contribution in [3.8, 4) is 0 Å². The molecule has 24 heavy (non-hydrogen) atoms. The number of ether oxygens (including phenoxy) is 2. The molecule has 0 N–H and O–H groups in total. The predicted molar refractivity (Wildman–Crippen MR) is 88.1 cm³/mol. The maximum atomic E-state index is 13.1. The SMILES string of the molecule is CC1(C)CN(CC(=O)N2CCOC(c3ccc(F)cc3)C2)CCO1.